The molecule has 5 rings (SSSR count). The van der Waals surface area contributed by atoms with Gasteiger partial charge in [0.15, 0.2) is 0 Å². The first-order chi connectivity index (χ1) is 15.1. The third-order valence-corrected chi connectivity index (χ3v) is 7.80. The van der Waals surface area contributed by atoms with Crippen molar-refractivity contribution in [1.82, 2.24) is 9.80 Å². The molecule has 1 saturated heterocycles. The monoisotopic (exact) mass is 532 g/mol. The van der Waals surface area contributed by atoms with Crippen molar-refractivity contribution >= 4 is 48.0 Å². The van der Waals surface area contributed by atoms with Crippen LogP contribution in [0.4, 0.5) is 0 Å². The molecule has 3 heterocycles. The lowest BCUT2D eigenvalue weighted by Gasteiger charge is -2.51. The third-order valence-electron chi connectivity index (χ3n) is 7.33. The number of hydrogen-bond acceptors (Lipinski definition) is 4. The summed E-state index contributed by atoms with van der Waals surface area (Å²) in [7, 11) is 2.22. The molecule has 0 aromatic heterocycles. The Balaban J connectivity index is 0.00000153. The van der Waals surface area contributed by atoms with Gasteiger partial charge in [-0.3, -0.25) is 4.90 Å². The lowest BCUT2D eigenvalue weighted by atomic mass is 9.69. The predicted molar refractivity (Wildman–Crippen MR) is 140 cm³/mol. The summed E-state index contributed by atoms with van der Waals surface area (Å²) in [6, 6.07) is 12.3. The number of benzene rings is 2. The third kappa shape index (κ3) is 5.22. The van der Waals surface area contributed by atoms with Gasteiger partial charge in [0, 0.05) is 41.8 Å². The highest BCUT2D eigenvalue weighted by Crippen LogP contribution is 2.50. The quantitative estimate of drug-likeness (QED) is 0.466. The highest BCUT2D eigenvalue weighted by atomic mass is 35.5. The molecule has 0 N–H and O–H groups in total. The molecule has 33 heavy (non-hydrogen) atoms. The number of nitrogens with zero attached hydrogens (tertiary/aromatic N) is 2. The summed E-state index contributed by atoms with van der Waals surface area (Å²) < 4.78 is 12.4. The number of hydrogen-bond donors (Lipinski definition) is 0. The normalized spacial score (nSPS) is 25.6. The van der Waals surface area contributed by atoms with Crippen LogP contribution in [0.2, 0.25) is 10.0 Å². The summed E-state index contributed by atoms with van der Waals surface area (Å²) in [5.74, 6) is 2.30. The van der Waals surface area contributed by atoms with E-state index in [2.05, 4.69) is 29.0 Å². The average molecular weight is 534 g/mol. The van der Waals surface area contributed by atoms with Gasteiger partial charge in [-0.2, -0.15) is 0 Å². The molecule has 0 bridgehead atoms. The second-order valence-corrected chi connectivity index (χ2v) is 9.97. The number of piperazine rings is 1. The van der Waals surface area contributed by atoms with Crippen LogP contribution in [-0.2, 0) is 12.0 Å². The van der Waals surface area contributed by atoms with Crippen molar-refractivity contribution in [2.75, 3.05) is 46.4 Å². The van der Waals surface area contributed by atoms with E-state index in [-0.39, 0.29) is 30.4 Å². The van der Waals surface area contributed by atoms with Crippen molar-refractivity contribution in [3.8, 4) is 11.5 Å². The lowest BCUT2D eigenvalue weighted by Crippen LogP contribution is -2.58. The molecule has 182 valence electrons. The molecule has 3 aliphatic rings. The molecule has 2 aromatic rings. The smallest absolute Gasteiger partial charge is 0.125 e. The molecule has 8 heteroatoms. The average Bonchev–Trinajstić information content (AvgIpc) is 3.08. The van der Waals surface area contributed by atoms with Gasteiger partial charge in [0.05, 0.1) is 18.8 Å². The number of fused-ring (bicyclic) bond motifs is 2. The Hall–Kier alpha value is -0.880. The second-order valence-electron chi connectivity index (χ2n) is 9.10. The molecular formula is C25H32Cl4N2O2. The Labute approximate surface area is 219 Å². The first-order valence-electron chi connectivity index (χ1n) is 11.3. The minimum absolute atomic E-state index is 0. The molecular weight excluding hydrogens is 502 g/mol. The van der Waals surface area contributed by atoms with Gasteiger partial charge in [0.25, 0.3) is 0 Å². The van der Waals surface area contributed by atoms with Crippen molar-refractivity contribution in [3.63, 3.8) is 0 Å². The van der Waals surface area contributed by atoms with Gasteiger partial charge < -0.3 is 14.4 Å². The maximum absolute atomic E-state index is 6.39. The summed E-state index contributed by atoms with van der Waals surface area (Å²) >= 11 is 12.6. The van der Waals surface area contributed by atoms with Crippen LogP contribution in [0.5, 0.6) is 11.5 Å². The molecule has 1 fully saturated rings. The van der Waals surface area contributed by atoms with Gasteiger partial charge in [-0.1, -0.05) is 35.3 Å². The fourth-order valence-corrected chi connectivity index (χ4v) is 6.09. The maximum Gasteiger partial charge on any atom is 0.125 e. The van der Waals surface area contributed by atoms with Crippen molar-refractivity contribution in [1.29, 1.82) is 0 Å². The summed E-state index contributed by atoms with van der Waals surface area (Å²) in [4.78, 5) is 5.16. The van der Waals surface area contributed by atoms with E-state index < -0.39 is 0 Å². The van der Waals surface area contributed by atoms with Crippen LogP contribution >= 0.6 is 48.0 Å². The van der Waals surface area contributed by atoms with Crippen LogP contribution in [0.15, 0.2) is 36.4 Å². The SMILES string of the molecule is CN1CCN(C2(C3CCOc4cc(Cl)ccc4C3)CCCOc3cc(Cl)ccc32)CC1.Cl.Cl. The summed E-state index contributed by atoms with van der Waals surface area (Å²) in [6.07, 6.45) is 4.09. The van der Waals surface area contributed by atoms with E-state index in [1.54, 1.807) is 0 Å². The minimum Gasteiger partial charge on any atom is -0.493 e. The Bertz CT molecular complexity index is 952. The molecule has 0 amide bonds. The number of likely N-dealkylation sites (N-methyl/N-ethyl adjacent to an activating group) is 1. The lowest BCUT2D eigenvalue weighted by molar-refractivity contribution is -0.0169. The van der Waals surface area contributed by atoms with Crippen LogP contribution in [0.25, 0.3) is 0 Å². The van der Waals surface area contributed by atoms with E-state index >= 15 is 0 Å². The van der Waals surface area contributed by atoms with Crippen LogP contribution in [0.1, 0.15) is 30.4 Å². The van der Waals surface area contributed by atoms with Gasteiger partial charge in [-0.05, 0) is 68.5 Å². The van der Waals surface area contributed by atoms with Crippen molar-refractivity contribution in [2.24, 2.45) is 5.92 Å². The zero-order valence-electron chi connectivity index (χ0n) is 18.9. The fraction of sp³-hybridized carbons (Fsp3) is 0.520. The van der Waals surface area contributed by atoms with E-state index in [9.17, 15) is 0 Å². The molecule has 2 unspecified atom stereocenters. The van der Waals surface area contributed by atoms with Crippen molar-refractivity contribution in [3.05, 3.63) is 57.6 Å². The summed E-state index contributed by atoms with van der Waals surface area (Å²) in [6.45, 7) is 5.73. The maximum atomic E-state index is 6.39. The zero-order valence-corrected chi connectivity index (χ0v) is 22.0. The topological polar surface area (TPSA) is 24.9 Å². The molecule has 3 aliphatic heterocycles. The van der Waals surface area contributed by atoms with Crippen LogP contribution in [0.3, 0.4) is 0 Å². The minimum atomic E-state index is -0.0950. The first-order valence-corrected chi connectivity index (χ1v) is 12.1. The molecule has 2 atom stereocenters. The van der Waals surface area contributed by atoms with E-state index in [0.717, 1.165) is 80.0 Å². The van der Waals surface area contributed by atoms with Crippen LogP contribution in [-0.4, -0.2) is 56.2 Å². The van der Waals surface area contributed by atoms with E-state index in [4.69, 9.17) is 32.7 Å². The number of halogens is 4. The van der Waals surface area contributed by atoms with Gasteiger partial charge in [0.1, 0.15) is 11.5 Å². The van der Waals surface area contributed by atoms with Crippen LogP contribution < -0.4 is 9.47 Å². The Morgan fingerprint density at radius 2 is 1.55 bits per heavy atom. The second kappa shape index (κ2) is 11.2. The molecule has 4 nitrogen and oxygen atoms in total. The van der Waals surface area contributed by atoms with Gasteiger partial charge in [0.2, 0.25) is 0 Å². The Kier molecular flexibility index (Phi) is 9.10. The van der Waals surface area contributed by atoms with Crippen molar-refractivity contribution in [2.45, 2.75) is 31.2 Å². The Morgan fingerprint density at radius 1 is 0.879 bits per heavy atom. The molecule has 0 radical (unpaired) electrons. The first kappa shape index (κ1) is 26.7. The van der Waals surface area contributed by atoms with E-state index in [1.807, 2.05) is 24.3 Å². The largest absolute Gasteiger partial charge is 0.493 e. The molecule has 0 saturated carbocycles. The van der Waals surface area contributed by atoms with Crippen LogP contribution in [0, 0.1) is 5.92 Å². The summed E-state index contributed by atoms with van der Waals surface area (Å²) in [5, 5.41) is 1.46. The fourth-order valence-electron chi connectivity index (χ4n) is 5.77. The summed E-state index contributed by atoms with van der Waals surface area (Å²) in [5.41, 5.74) is 2.45. The van der Waals surface area contributed by atoms with Gasteiger partial charge in [-0.25, -0.2) is 0 Å². The predicted octanol–water partition coefficient (Wildman–Crippen LogP) is 6.09. The Morgan fingerprint density at radius 3 is 2.30 bits per heavy atom. The van der Waals surface area contributed by atoms with E-state index in [1.165, 1.54) is 11.1 Å². The standard InChI is InChI=1S/C25H30Cl2N2O2.2ClH/c1-28-9-11-29(12-10-28)25(8-2-13-30-24-17-21(27)5-6-22(24)25)19-7-14-31-23-16-20(26)4-3-18(23)15-19;;/h3-6,16-17,19H,2,7-15H2,1H3;2*1H. The zero-order chi connectivity index (χ0) is 21.4. The molecule has 0 spiro atoms. The molecule has 0 aliphatic carbocycles. The highest BCUT2D eigenvalue weighted by Gasteiger charge is 2.48. The van der Waals surface area contributed by atoms with Crippen molar-refractivity contribution < 1.29 is 9.47 Å². The number of rotatable bonds is 2. The van der Waals surface area contributed by atoms with Gasteiger partial charge in [-0.15, -0.1) is 24.8 Å². The van der Waals surface area contributed by atoms with Gasteiger partial charge >= 0.3 is 0 Å². The molecule has 2 aromatic carbocycles. The highest BCUT2D eigenvalue weighted by molar-refractivity contribution is 6.31. The van der Waals surface area contributed by atoms with E-state index in [0.29, 0.717) is 12.5 Å². The number of ether oxygens (including phenoxy) is 2.